The molecule has 7 heteroatoms. The Labute approximate surface area is 103 Å². The Hall–Kier alpha value is -1.95. The lowest BCUT2D eigenvalue weighted by Gasteiger charge is -2.11. The standard InChI is InChI=1S/C10H12ClN3O3/c1-5-3-7(8(17-2)4-6(5)11)13-10(15)9(12)14-16/h3-4,16H,1-2H3,(H2,12,14)(H,13,15). The van der Waals surface area contributed by atoms with Crippen LogP contribution >= 0.6 is 11.6 Å². The van der Waals surface area contributed by atoms with Gasteiger partial charge in [-0.2, -0.15) is 0 Å². The van der Waals surface area contributed by atoms with Gasteiger partial charge >= 0.3 is 0 Å². The Morgan fingerprint density at radius 3 is 2.76 bits per heavy atom. The maximum absolute atomic E-state index is 11.4. The van der Waals surface area contributed by atoms with E-state index in [1.165, 1.54) is 7.11 Å². The van der Waals surface area contributed by atoms with Crippen molar-refractivity contribution in [1.29, 1.82) is 0 Å². The molecule has 0 fully saturated rings. The lowest BCUT2D eigenvalue weighted by atomic mass is 10.2. The molecule has 0 atom stereocenters. The van der Waals surface area contributed by atoms with E-state index in [9.17, 15) is 4.79 Å². The van der Waals surface area contributed by atoms with Gasteiger partial charge in [-0.3, -0.25) is 4.79 Å². The molecule has 0 aliphatic carbocycles. The third kappa shape index (κ3) is 3.01. The van der Waals surface area contributed by atoms with Crippen LogP contribution in [0.2, 0.25) is 5.02 Å². The quantitative estimate of drug-likeness (QED) is 0.322. The number of nitrogens with two attached hydrogens (primary N) is 1. The predicted octanol–water partition coefficient (Wildman–Crippen LogP) is 1.34. The largest absolute Gasteiger partial charge is 0.495 e. The lowest BCUT2D eigenvalue weighted by molar-refractivity contribution is -0.110. The normalized spacial score (nSPS) is 11.1. The number of ether oxygens (including phenoxy) is 1. The van der Waals surface area contributed by atoms with Crippen molar-refractivity contribution in [3.05, 3.63) is 22.7 Å². The molecule has 92 valence electrons. The molecule has 4 N–H and O–H groups in total. The van der Waals surface area contributed by atoms with Crippen LogP contribution in [0.25, 0.3) is 0 Å². The van der Waals surface area contributed by atoms with Gasteiger partial charge in [-0.25, -0.2) is 0 Å². The maximum atomic E-state index is 11.4. The summed E-state index contributed by atoms with van der Waals surface area (Å²) in [7, 11) is 1.44. The van der Waals surface area contributed by atoms with Crippen molar-refractivity contribution in [2.45, 2.75) is 6.92 Å². The molecule has 17 heavy (non-hydrogen) atoms. The second-order valence-corrected chi connectivity index (χ2v) is 3.65. The van der Waals surface area contributed by atoms with Crippen molar-refractivity contribution in [2.24, 2.45) is 10.9 Å². The molecule has 0 aliphatic rings. The maximum Gasteiger partial charge on any atom is 0.294 e. The molecule has 1 aromatic carbocycles. The van der Waals surface area contributed by atoms with Crippen molar-refractivity contribution < 1.29 is 14.7 Å². The molecular formula is C10H12ClN3O3. The highest BCUT2D eigenvalue weighted by molar-refractivity contribution is 6.41. The van der Waals surface area contributed by atoms with E-state index in [1.54, 1.807) is 19.1 Å². The Bertz CT molecular complexity index is 474. The number of rotatable bonds is 2. The van der Waals surface area contributed by atoms with Gasteiger partial charge in [-0.05, 0) is 18.6 Å². The number of methoxy groups -OCH3 is 1. The van der Waals surface area contributed by atoms with Crippen LogP contribution in [0, 0.1) is 6.92 Å². The number of amidine groups is 1. The molecular weight excluding hydrogens is 246 g/mol. The first kappa shape index (κ1) is 13.1. The van der Waals surface area contributed by atoms with E-state index in [0.29, 0.717) is 16.5 Å². The number of nitrogens with one attached hydrogen (secondary N) is 1. The number of anilines is 1. The van der Waals surface area contributed by atoms with Crippen LogP contribution in [0.15, 0.2) is 17.3 Å². The molecule has 0 heterocycles. The van der Waals surface area contributed by atoms with E-state index >= 15 is 0 Å². The molecule has 0 aliphatic heterocycles. The number of halogens is 1. The van der Waals surface area contributed by atoms with Crippen LogP contribution in [0.1, 0.15) is 5.56 Å². The van der Waals surface area contributed by atoms with Gasteiger partial charge in [0.2, 0.25) is 5.84 Å². The number of nitrogens with zero attached hydrogens (tertiary/aromatic N) is 1. The smallest absolute Gasteiger partial charge is 0.294 e. The van der Waals surface area contributed by atoms with Crippen molar-refractivity contribution in [1.82, 2.24) is 0 Å². The summed E-state index contributed by atoms with van der Waals surface area (Å²) in [5, 5.41) is 13.9. The number of carbonyl (C=O) groups excluding carboxylic acids is 1. The monoisotopic (exact) mass is 257 g/mol. The van der Waals surface area contributed by atoms with E-state index < -0.39 is 11.7 Å². The highest BCUT2D eigenvalue weighted by Gasteiger charge is 2.13. The second kappa shape index (κ2) is 5.40. The fourth-order valence-corrected chi connectivity index (χ4v) is 1.32. The SMILES string of the molecule is COc1cc(Cl)c(C)cc1NC(=O)/C(N)=N\O. The van der Waals surface area contributed by atoms with Gasteiger partial charge in [0, 0.05) is 11.1 Å². The van der Waals surface area contributed by atoms with E-state index in [0.717, 1.165) is 5.56 Å². The first-order chi connectivity index (χ1) is 7.99. The third-order valence-electron chi connectivity index (χ3n) is 2.07. The summed E-state index contributed by atoms with van der Waals surface area (Å²) in [6, 6.07) is 3.20. The molecule has 0 saturated heterocycles. The van der Waals surface area contributed by atoms with Crippen LogP contribution in [0.3, 0.4) is 0 Å². The molecule has 0 unspecified atom stereocenters. The number of oxime groups is 1. The Morgan fingerprint density at radius 1 is 1.59 bits per heavy atom. The highest BCUT2D eigenvalue weighted by atomic mass is 35.5. The minimum atomic E-state index is -0.729. The van der Waals surface area contributed by atoms with Gasteiger partial charge in [0.05, 0.1) is 12.8 Å². The molecule has 0 saturated carbocycles. The minimum absolute atomic E-state index is 0.389. The summed E-state index contributed by atoms with van der Waals surface area (Å²) >= 11 is 5.91. The molecule has 0 aromatic heterocycles. The van der Waals surface area contributed by atoms with Gasteiger partial charge in [-0.15, -0.1) is 0 Å². The highest BCUT2D eigenvalue weighted by Crippen LogP contribution is 2.30. The first-order valence-corrected chi connectivity index (χ1v) is 5.00. The van der Waals surface area contributed by atoms with Gasteiger partial charge in [-0.1, -0.05) is 16.8 Å². The number of hydrogen-bond acceptors (Lipinski definition) is 4. The fraction of sp³-hybridized carbons (Fsp3) is 0.200. The third-order valence-corrected chi connectivity index (χ3v) is 2.48. The topological polar surface area (TPSA) is 96.9 Å². The summed E-state index contributed by atoms with van der Waals surface area (Å²) in [5.74, 6) is -0.883. The van der Waals surface area contributed by atoms with Crippen LogP contribution in [-0.2, 0) is 4.79 Å². The summed E-state index contributed by atoms with van der Waals surface area (Å²) in [6.45, 7) is 1.78. The molecule has 0 bridgehead atoms. The van der Waals surface area contributed by atoms with E-state index in [4.69, 9.17) is 27.3 Å². The van der Waals surface area contributed by atoms with E-state index in [2.05, 4.69) is 10.5 Å². The number of carbonyl (C=O) groups is 1. The van der Waals surface area contributed by atoms with Gasteiger partial charge in [0.1, 0.15) is 5.75 Å². The average molecular weight is 258 g/mol. The van der Waals surface area contributed by atoms with E-state index in [-0.39, 0.29) is 0 Å². The number of aryl methyl sites for hydroxylation is 1. The van der Waals surface area contributed by atoms with Crippen molar-refractivity contribution >= 4 is 29.0 Å². The van der Waals surface area contributed by atoms with Crippen LogP contribution in [-0.4, -0.2) is 24.1 Å². The first-order valence-electron chi connectivity index (χ1n) is 4.62. The van der Waals surface area contributed by atoms with Gasteiger partial charge in [0.15, 0.2) is 0 Å². The Morgan fingerprint density at radius 2 is 2.24 bits per heavy atom. The van der Waals surface area contributed by atoms with E-state index in [1.807, 2.05) is 0 Å². The summed E-state index contributed by atoms with van der Waals surface area (Å²) in [4.78, 5) is 11.4. The van der Waals surface area contributed by atoms with Crippen molar-refractivity contribution in [3.63, 3.8) is 0 Å². The second-order valence-electron chi connectivity index (χ2n) is 3.24. The summed E-state index contributed by atoms with van der Waals surface area (Å²) in [5.41, 5.74) is 6.31. The number of amides is 1. The van der Waals surface area contributed by atoms with Gasteiger partial charge in [0.25, 0.3) is 5.91 Å². The van der Waals surface area contributed by atoms with Crippen LogP contribution < -0.4 is 15.8 Å². The zero-order chi connectivity index (χ0) is 13.0. The Balaban J connectivity index is 3.06. The fourth-order valence-electron chi connectivity index (χ4n) is 1.16. The summed E-state index contributed by atoms with van der Waals surface area (Å²) < 4.78 is 5.05. The zero-order valence-electron chi connectivity index (χ0n) is 9.32. The molecule has 1 amide bonds. The number of benzene rings is 1. The predicted molar refractivity (Wildman–Crippen MR) is 64.8 cm³/mol. The molecule has 0 radical (unpaired) electrons. The molecule has 1 aromatic rings. The molecule has 1 rings (SSSR count). The summed E-state index contributed by atoms with van der Waals surface area (Å²) in [6.07, 6.45) is 0. The zero-order valence-corrected chi connectivity index (χ0v) is 10.1. The minimum Gasteiger partial charge on any atom is -0.495 e. The van der Waals surface area contributed by atoms with Crippen LogP contribution in [0.5, 0.6) is 5.75 Å². The lowest BCUT2D eigenvalue weighted by Crippen LogP contribution is -2.30. The van der Waals surface area contributed by atoms with Crippen LogP contribution in [0.4, 0.5) is 5.69 Å². The molecule has 6 nitrogen and oxygen atoms in total. The van der Waals surface area contributed by atoms with Crippen molar-refractivity contribution in [3.8, 4) is 5.75 Å². The number of hydrogen-bond donors (Lipinski definition) is 3. The Kier molecular flexibility index (Phi) is 4.17. The van der Waals surface area contributed by atoms with Crippen molar-refractivity contribution in [2.75, 3.05) is 12.4 Å². The van der Waals surface area contributed by atoms with Gasteiger partial charge < -0.3 is 21.0 Å². The molecule has 0 spiro atoms. The average Bonchev–Trinajstić information content (AvgIpc) is 2.32.